The molecule has 1 aromatic carbocycles. The van der Waals surface area contributed by atoms with E-state index >= 15 is 0 Å². The number of nitrogens with one attached hydrogen (secondary N) is 1. The zero-order chi connectivity index (χ0) is 9.10. The van der Waals surface area contributed by atoms with Crippen LogP contribution in [0.15, 0.2) is 18.2 Å². The maximum Gasteiger partial charge on any atom is 0.231 e. The molecule has 0 aliphatic carbocycles. The molecular formula is C10H13NO2. The first-order chi connectivity index (χ1) is 6.42. The molecule has 1 aliphatic rings. The van der Waals surface area contributed by atoms with E-state index < -0.39 is 0 Å². The van der Waals surface area contributed by atoms with Crippen molar-refractivity contribution in [3.8, 4) is 11.5 Å². The predicted molar refractivity (Wildman–Crippen MR) is 49.9 cm³/mol. The van der Waals surface area contributed by atoms with E-state index in [9.17, 15) is 0 Å². The van der Waals surface area contributed by atoms with Crippen LogP contribution >= 0.6 is 0 Å². The number of para-hydroxylation sites is 1. The van der Waals surface area contributed by atoms with E-state index in [2.05, 4.69) is 18.3 Å². The third-order valence-corrected chi connectivity index (χ3v) is 2.04. The normalized spacial score (nSPS) is 13.3. The van der Waals surface area contributed by atoms with Gasteiger partial charge in [0.25, 0.3) is 0 Å². The molecule has 0 spiro atoms. The smallest absolute Gasteiger partial charge is 0.231 e. The van der Waals surface area contributed by atoms with Crippen LogP contribution in [-0.2, 0) is 6.54 Å². The van der Waals surface area contributed by atoms with Crippen molar-refractivity contribution in [2.45, 2.75) is 13.5 Å². The van der Waals surface area contributed by atoms with Crippen LogP contribution in [0.25, 0.3) is 0 Å². The molecule has 13 heavy (non-hydrogen) atoms. The second kappa shape index (κ2) is 3.66. The van der Waals surface area contributed by atoms with Crippen LogP contribution in [0.4, 0.5) is 0 Å². The summed E-state index contributed by atoms with van der Waals surface area (Å²) in [5.41, 5.74) is 1.16. The van der Waals surface area contributed by atoms with Gasteiger partial charge < -0.3 is 14.8 Å². The summed E-state index contributed by atoms with van der Waals surface area (Å²) >= 11 is 0. The average molecular weight is 179 g/mol. The lowest BCUT2D eigenvalue weighted by Gasteiger charge is -2.05. The largest absolute Gasteiger partial charge is 0.454 e. The summed E-state index contributed by atoms with van der Waals surface area (Å²) in [6.07, 6.45) is 0. The second-order valence-electron chi connectivity index (χ2n) is 2.93. The monoisotopic (exact) mass is 179 g/mol. The molecule has 0 aromatic heterocycles. The van der Waals surface area contributed by atoms with Gasteiger partial charge in [0.05, 0.1) is 0 Å². The summed E-state index contributed by atoms with van der Waals surface area (Å²) in [6, 6.07) is 5.97. The molecular weight excluding hydrogens is 166 g/mol. The van der Waals surface area contributed by atoms with Gasteiger partial charge in [-0.05, 0) is 12.6 Å². The lowest BCUT2D eigenvalue weighted by Crippen LogP contribution is -2.12. The third-order valence-electron chi connectivity index (χ3n) is 2.04. The van der Waals surface area contributed by atoms with Gasteiger partial charge in [0, 0.05) is 12.1 Å². The van der Waals surface area contributed by atoms with Gasteiger partial charge in [0.1, 0.15) is 0 Å². The van der Waals surface area contributed by atoms with Gasteiger partial charge >= 0.3 is 0 Å². The number of benzene rings is 1. The predicted octanol–water partition coefficient (Wildman–Crippen LogP) is 1.52. The van der Waals surface area contributed by atoms with E-state index in [0.29, 0.717) is 6.79 Å². The van der Waals surface area contributed by atoms with Crippen molar-refractivity contribution in [3.05, 3.63) is 23.8 Å². The maximum absolute atomic E-state index is 5.36. The molecule has 0 saturated heterocycles. The third kappa shape index (κ3) is 1.60. The van der Waals surface area contributed by atoms with Crippen LogP contribution in [0.3, 0.4) is 0 Å². The number of hydrogen-bond donors (Lipinski definition) is 1. The fourth-order valence-corrected chi connectivity index (χ4v) is 1.39. The molecule has 1 aromatic rings. The summed E-state index contributed by atoms with van der Waals surface area (Å²) in [5.74, 6) is 1.75. The Balaban J connectivity index is 2.20. The molecule has 0 bridgehead atoms. The molecule has 0 fully saturated rings. The zero-order valence-electron chi connectivity index (χ0n) is 7.67. The van der Waals surface area contributed by atoms with Crippen LogP contribution in [0, 0.1) is 0 Å². The van der Waals surface area contributed by atoms with Crippen molar-refractivity contribution in [2.75, 3.05) is 13.3 Å². The van der Waals surface area contributed by atoms with Gasteiger partial charge in [-0.15, -0.1) is 0 Å². The molecule has 1 heterocycles. The minimum absolute atomic E-state index is 0.346. The van der Waals surface area contributed by atoms with E-state index in [1.807, 2.05) is 12.1 Å². The van der Waals surface area contributed by atoms with Crippen LogP contribution in [0.5, 0.6) is 11.5 Å². The van der Waals surface area contributed by atoms with E-state index in [1.54, 1.807) is 0 Å². The van der Waals surface area contributed by atoms with E-state index in [-0.39, 0.29) is 0 Å². The highest BCUT2D eigenvalue weighted by Crippen LogP contribution is 2.34. The highest BCUT2D eigenvalue weighted by Gasteiger charge is 2.16. The van der Waals surface area contributed by atoms with Gasteiger partial charge in [-0.2, -0.15) is 0 Å². The lowest BCUT2D eigenvalue weighted by molar-refractivity contribution is 0.173. The minimum atomic E-state index is 0.346. The first kappa shape index (κ1) is 8.38. The summed E-state index contributed by atoms with van der Waals surface area (Å²) in [7, 11) is 0. The molecule has 70 valence electrons. The fraction of sp³-hybridized carbons (Fsp3) is 0.400. The average Bonchev–Trinajstić information content (AvgIpc) is 2.62. The van der Waals surface area contributed by atoms with Crippen molar-refractivity contribution in [1.82, 2.24) is 5.32 Å². The first-order valence-corrected chi connectivity index (χ1v) is 4.50. The highest BCUT2D eigenvalue weighted by molar-refractivity contribution is 5.47. The Kier molecular flexibility index (Phi) is 2.36. The van der Waals surface area contributed by atoms with Gasteiger partial charge in [-0.1, -0.05) is 19.1 Å². The van der Waals surface area contributed by atoms with Gasteiger partial charge in [-0.3, -0.25) is 0 Å². The molecule has 0 atom stereocenters. The van der Waals surface area contributed by atoms with Crippen molar-refractivity contribution >= 4 is 0 Å². The molecule has 1 aliphatic heterocycles. The summed E-state index contributed by atoms with van der Waals surface area (Å²) in [6.45, 7) is 4.23. The Bertz CT molecular complexity index is 299. The number of hydrogen-bond acceptors (Lipinski definition) is 3. The minimum Gasteiger partial charge on any atom is -0.454 e. The summed E-state index contributed by atoms with van der Waals surface area (Å²) in [4.78, 5) is 0. The zero-order valence-corrected chi connectivity index (χ0v) is 7.67. The van der Waals surface area contributed by atoms with Crippen molar-refractivity contribution in [2.24, 2.45) is 0 Å². The quantitative estimate of drug-likeness (QED) is 0.763. The van der Waals surface area contributed by atoms with Crippen molar-refractivity contribution in [1.29, 1.82) is 0 Å². The maximum atomic E-state index is 5.36. The number of rotatable bonds is 3. The SMILES string of the molecule is CCNCc1cccc2c1OCO2. The Morgan fingerprint density at radius 3 is 3.15 bits per heavy atom. The van der Waals surface area contributed by atoms with E-state index in [0.717, 1.165) is 30.2 Å². The first-order valence-electron chi connectivity index (χ1n) is 4.50. The number of ether oxygens (including phenoxy) is 2. The molecule has 0 saturated carbocycles. The molecule has 0 amide bonds. The molecule has 0 unspecified atom stereocenters. The van der Waals surface area contributed by atoms with Crippen molar-refractivity contribution in [3.63, 3.8) is 0 Å². The Morgan fingerprint density at radius 2 is 2.31 bits per heavy atom. The van der Waals surface area contributed by atoms with Gasteiger partial charge in [-0.25, -0.2) is 0 Å². The van der Waals surface area contributed by atoms with Gasteiger partial charge in [0.15, 0.2) is 11.5 Å². The van der Waals surface area contributed by atoms with Crippen LogP contribution in [0.2, 0.25) is 0 Å². The summed E-state index contributed by atoms with van der Waals surface area (Å²) in [5, 5.41) is 3.26. The van der Waals surface area contributed by atoms with Crippen LogP contribution in [-0.4, -0.2) is 13.3 Å². The highest BCUT2D eigenvalue weighted by atomic mass is 16.7. The topological polar surface area (TPSA) is 30.5 Å². The van der Waals surface area contributed by atoms with Gasteiger partial charge in [0.2, 0.25) is 6.79 Å². The fourth-order valence-electron chi connectivity index (χ4n) is 1.39. The summed E-state index contributed by atoms with van der Waals surface area (Å²) < 4.78 is 10.6. The Morgan fingerprint density at radius 1 is 1.38 bits per heavy atom. The lowest BCUT2D eigenvalue weighted by atomic mass is 10.2. The molecule has 1 N–H and O–H groups in total. The molecule has 3 nitrogen and oxygen atoms in total. The number of fused-ring (bicyclic) bond motifs is 1. The van der Waals surface area contributed by atoms with Crippen LogP contribution < -0.4 is 14.8 Å². The Hall–Kier alpha value is -1.22. The van der Waals surface area contributed by atoms with E-state index in [4.69, 9.17) is 9.47 Å². The molecule has 2 rings (SSSR count). The van der Waals surface area contributed by atoms with Crippen molar-refractivity contribution < 1.29 is 9.47 Å². The standard InChI is InChI=1S/C10H13NO2/c1-2-11-6-8-4-3-5-9-10(8)13-7-12-9/h3-5,11H,2,6-7H2,1H3. The second-order valence-corrected chi connectivity index (χ2v) is 2.93. The van der Waals surface area contributed by atoms with Crippen LogP contribution in [0.1, 0.15) is 12.5 Å². The molecule has 0 radical (unpaired) electrons. The molecule has 3 heteroatoms. The van der Waals surface area contributed by atoms with E-state index in [1.165, 1.54) is 0 Å². The Labute approximate surface area is 77.7 Å².